The number of ether oxygens (including phenoxy) is 2. The lowest BCUT2D eigenvalue weighted by Crippen LogP contribution is -2.44. The number of carboxylic acid groups (broad SMARTS) is 2. The Hall–Kier alpha value is -5.08. The summed E-state index contributed by atoms with van der Waals surface area (Å²) in [6, 6.07) is 2.16. The molecular weight excluding hydrogens is 749 g/mol. The third kappa shape index (κ3) is 8.28. The van der Waals surface area contributed by atoms with Crippen LogP contribution in [0.3, 0.4) is 0 Å². The van der Waals surface area contributed by atoms with Crippen molar-refractivity contribution in [3.63, 3.8) is 0 Å². The van der Waals surface area contributed by atoms with Crippen LogP contribution in [0.5, 0.6) is 11.5 Å². The summed E-state index contributed by atoms with van der Waals surface area (Å²) < 4.78 is 43.3. The Morgan fingerprint density at radius 3 is 1.28 bits per heavy atom. The molecule has 0 radical (unpaired) electrons. The van der Waals surface area contributed by atoms with Gasteiger partial charge in [-0.3, -0.25) is 18.9 Å². The number of piperazine rings is 2. The highest BCUT2D eigenvalue weighted by atomic mass is 35.5. The first-order valence-electron chi connectivity index (χ1n) is 15.6. The molecule has 0 aliphatic carbocycles. The molecular formula is C32H42Cl2F2N8O9. The van der Waals surface area contributed by atoms with Crippen molar-refractivity contribution < 1.29 is 43.5 Å². The van der Waals surface area contributed by atoms with Crippen molar-refractivity contribution in [3.8, 4) is 11.5 Å². The molecule has 0 unspecified atom stereocenters. The van der Waals surface area contributed by atoms with Gasteiger partial charge in [-0.05, 0) is 12.1 Å². The number of carbonyl (C=O) groups is 2. The number of nitrogens with one attached hydrogen (secondary N) is 4. The summed E-state index contributed by atoms with van der Waals surface area (Å²) in [6.45, 7) is 5.20. The van der Waals surface area contributed by atoms with E-state index in [1.807, 2.05) is 9.80 Å². The van der Waals surface area contributed by atoms with Crippen LogP contribution < -0.4 is 51.6 Å². The van der Waals surface area contributed by atoms with Crippen molar-refractivity contribution in [1.29, 1.82) is 0 Å². The molecule has 2 saturated heterocycles. The van der Waals surface area contributed by atoms with Gasteiger partial charge >= 0.3 is 11.9 Å². The second kappa shape index (κ2) is 18.6. The minimum absolute atomic E-state index is 0. The number of hydrogen-bond donors (Lipinski definition) is 6. The molecule has 2 aliphatic rings. The lowest BCUT2D eigenvalue weighted by atomic mass is 10.1. The predicted octanol–water partition coefficient (Wildman–Crippen LogP) is 0.880. The maximum absolute atomic E-state index is 14.8. The summed E-state index contributed by atoms with van der Waals surface area (Å²) in [7, 11) is 5.94. The molecule has 17 nitrogen and oxygen atoms in total. The summed E-state index contributed by atoms with van der Waals surface area (Å²) in [5.74, 6) is -3.59. The van der Waals surface area contributed by atoms with Gasteiger partial charge in [0.2, 0.25) is 10.9 Å². The van der Waals surface area contributed by atoms with Crippen LogP contribution in [0.4, 0.5) is 20.2 Å². The fourth-order valence-corrected chi connectivity index (χ4v) is 6.24. The second-order valence-corrected chi connectivity index (χ2v) is 11.3. The molecule has 6 rings (SSSR count). The van der Waals surface area contributed by atoms with Crippen molar-refractivity contribution in [2.45, 2.75) is 0 Å². The smallest absolute Gasteiger partial charge is 0.341 e. The van der Waals surface area contributed by atoms with E-state index in [9.17, 15) is 38.2 Å². The number of nitrogens with zero attached hydrogens (tertiary/aromatic N) is 4. The van der Waals surface area contributed by atoms with E-state index >= 15 is 0 Å². The van der Waals surface area contributed by atoms with Gasteiger partial charge in [0.15, 0.2) is 23.1 Å². The lowest BCUT2D eigenvalue weighted by molar-refractivity contribution is 0.0684. The normalized spacial score (nSPS) is 13.8. The van der Waals surface area contributed by atoms with E-state index in [2.05, 4.69) is 21.5 Å². The van der Waals surface area contributed by atoms with Crippen molar-refractivity contribution in [3.05, 3.63) is 67.7 Å². The highest BCUT2D eigenvalue weighted by Gasteiger charge is 2.28. The van der Waals surface area contributed by atoms with E-state index in [4.69, 9.17) is 9.47 Å². The van der Waals surface area contributed by atoms with Gasteiger partial charge in [-0.15, -0.1) is 24.8 Å². The monoisotopic (exact) mass is 790 g/mol. The molecule has 0 bridgehead atoms. The third-order valence-electron chi connectivity index (χ3n) is 8.56. The molecule has 4 heterocycles. The van der Waals surface area contributed by atoms with E-state index < -0.39 is 45.6 Å². The molecule has 8 N–H and O–H groups in total. The van der Waals surface area contributed by atoms with Crippen molar-refractivity contribution in [1.82, 2.24) is 20.0 Å². The van der Waals surface area contributed by atoms with Gasteiger partial charge in [0.25, 0.3) is 0 Å². The fraction of sp³-hybridized carbons (Fsp3) is 0.375. The quantitative estimate of drug-likeness (QED) is 0.146. The number of benzene rings is 2. The van der Waals surface area contributed by atoms with Crippen LogP contribution in [-0.2, 0) is 0 Å². The Morgan fingerprint density at radius 2 is 1.02 bits per heavy atom. The number of carboxylic acids is 2. The highest BCUT2D eigenvalue weighted by molar-refractivity contribution is 5.98. The van der Waals surface area contributed by atoms with Gasteiger partial charge < -0.3 is 56.4 Å². The summed E-state index contributed by atoms with van der Waals surface area (Å²) in [4.78, 5) is 51.3. The molecule has 4 aromatic rings. The summed E-state index contributed by atoms with van der Waals surface area (Å²) in [5, 5.41) is 24.7. The highest BCUT2D eigenvalue weighted by Crippen LogP contribution is 2.39. The minimum Gasteiger partial charge on any atom is -0.492 e. The lowest BCUT2D eigenvalue weighted by Gasteiger charge is -2.31. The zero-order valence-electron chi connectivity index (χ0n) is 29.2. The molecule has 53 heavy (non-hydrogen) atoms. The summed E-state index contributed by atoms with van der Waals surface area (Å²) in [5.41, 5.74) is 4.34. The summed E-state index contributed by atoms with van der Waals surface area (Å²) >= 11 is 0. The summed E-state index contributed by atoms with van der Waals surface area (Å²) in [6.07, 6.45) is 2.35. The number of fused-ring (bicyclic) bond motifs is 2. The minimum atomic E-state index is -1.37. The van der Waals surface area contributed by atoms with Gasteiger partial charge in [-0.2, -0.15) is 0 Å². The zero-order valence-corrected chi connectivity index (χ0v) is 30.8. The number of rotatable bonds is 8. The topological polar surface area (TPSA) is 223 Å². The number of pyridine rings is 2. The number of halogens is 4. The van der Waals surface area contributed by atoms with E-state index in [0.717, 1.165) is 12.1 Å². The SMILES string of the molecule is CNn1cc(C(=O)O)c(=O)c2cc(F)c(N3CCNCC3)c(OC)c21.CNn1cc(C(=O)O)c(=O)c2cc(F)c(N3CCNCC3)c(OC)c21.Cl.Cl.O. The van der Waals surface area contributed by atoms with Crippen LogP contribution in [0, 0.1) is 11.6 Å². The molecule has 2 aliphatic heterocycles. The van der Waals surface area contributed by atoms with E-state index in [0.29, 0.717) is 63.4 Å². The molecule has 2 aromatic carbocycles. The largest absolute Gasteiger partial charge is 0.492 e. The maximum Gasteiger partial charge on any atom is 0.341 e. The molecule has 2 fully saturated rings. The molecule has 21 heteroatoms. The van der Waals surface area contributed by atoms with Gasteiger partial charge in [0, 0.05) is 78.8 Å². The Morgan fingerprint density at radius 1 is 0.698 bits per heavy atom. The maximum atomic E-state index is 14.8. The van der Waals surface area contributed by atoms with Crippen LogP contribution in [0.1, 0.15) is 20.7 Å². The number of aromatic nitrogens is 2. The van der Waals surface area contributed by atoms with Crippen molar-refractivity contribution in [2.75, 3.05) is 101 Å². The number of hydrogen-bond acceptors (Lipinski definition) is 12. The fourth-order valence-electron chi connectivity index (χ4n) is 6.24. The first-order chi connectivity index (χ1) is 24.0. The molecule has 0 saturated carbocycles. The van der Waals surface area contributed by atoms with Crippen molar-refractivity contribution in [2.24, 2.45) is 0 Å². The standard InChI is InChI=1S/2C16H19FN4O4.2ClH.H2O/c2*1-18-21-8-10(16(23)24)14(22)9-7-11(17)13(15(25-2)12(9)21)20-5-3-19-4-6-20;;;/h2*7-8,18-19H,3-6H2,1-2H3,(H,23,24);2*1H;1H2. The van der Waals surface area contributed by atoms with Crippen LogP contribution in [0.25, 0.3) is 21.8 Å². The van der Waals surface area contributed by atoms with Crippen LogP contribution in [0.2, 0.25) is 0 Å². The third-order valence-corrected chi connectivity index (χ3v) is 8.56. The number of aromatic carboxylic acids is 2. The molecule has 292 valence electrons. The molecule has 0 atom stereocenters. The van der Waals surface area contributed by atoms with Gasteiger partial charge in [0.05, 0.1) is 25.0 Å². The Kier molecular flexibility index (Phi) is 15.5. The Bertz CT molecular complexity index is 1940. The molecule has 0 amide bonds. The molecule has 2 aromatic heterocycles. The zero-order chi connectivity index (χ0) is 36.3. The van der Waals surface area contributed by atoms with Gasteiger partial charge in [0.1, 0.15) is 33.5 Å². The second-order valence-electron chi connectivity index (χ2n) is 11.3. The average Bonchev–Trinajstić information content (AvgIpc) is 3.12. The van der Waals surface area contributed by atoms with Gasteiger partial charge in [-0.1, -0.05) is 0 Å². The number of anilines is 2. The van der Waals surface area contributed by atoms with Crippen LogP contribution >= 0.6 is 24.8 Å². The van der Waals surface area contributed by atoms with Crippen LogP contribution in [-0.4, -0.2) is 118 Å². The molecule has 0 spiro atoms. The Balaban J connectivity index is 0.000000347. The Labute approximate surface area is 313 Å². The first kappa shape index (κ1) is 44.1. The van der Waals surface area contributed by atoms with Crippen molar-refractivity contribution >= 4 is 69.9 Å². The predicted molar refractivity (Wildman–Crippen MR) is 202 cm³/mol. The average molecular weight is 792 g/mol. The van der Waals surface area contributed by atoms with E-state index in [1.54, 1.807) is 14.1 Å². The van der Waals surface area contributed by atoms with E-state index in [-0.39, 0.29) is 63.9 Å². The van der Waals surface area contributed by atoms with Crippen LogP contribution in [0.15, 0.2) is 34.1 Å². The van der Waals surface area contributed by atoms with Gasteiger partial charge in [-0.25, -0.2) is 18.4 Å². The van der Waals surface area contributed by atoms with E-state index in [1.165, 1.54) is 36.0 Å². The number of methoxy groups -OCH3 is 2. The first-order valence-corrected chi connectivity index (χ1v) is 15.6.